The van der Waals surface area contributed by atoms with Crippen LogP contribution in [0.5, 0.6) is 0 Å². The molecule has 0 unspecified atom stereocenters. The number of alkyl halides is 3. The SMILES string of the molecule is Cc1c(-c2ccnn2-c2ccc(C#N)cc2)n(C(=O)N[C@H]2CC[C@H](C(=O)N3CCC([N+](C)(C)C)CC3)CC2)c(=O)n1-c1cccc(C(F)(F)F)c1.O=S(=O)([O-])c1ccccc1. The van der Waals surface area contributed by atoms with Gasteiger partial charge in [-0.3, -0.25) is 9.36 Å². The monoisotopic (exact) mass is 860 g/mol. The van der Waals surface area contributed by atoms with E-state index in [1.54, 1.807) is 43.3 Å². The van der Waals surface area contributed by atoms with E-state index in [1.165, 1.54) is 47.3 Å². The van der Waals surface area contributed by atoms with E-state index in [4.69, 9.17) is 0 Å². The zero-order chi connectivity index (χ0) is 44.3. The summed E-state index contributed by atoms with van der Waals surface area (Å²) >= 11 is 0. The van der Waals surface area contributed by atoms with Gasteiger partial charge in [-0.05, 0) is 93.3 Å². The fraction of sp³-hybridized carbons (Fsp3) is 0.372. The normalized spacial score (nSPS) is 17.5. The number of piperidine rings is 1. The maximum Gasteiger partial charge on any atom is 0.416 e. The number of likely N-dealkylation sites (tertiary alicyclic amines) is 1. The topological polar surface area (TPSA) is 175 Å². The summed E-state index contributed by atoms with van der Waals surface area (Å²) in [6.45, 7) is 3.04. The number of nitrogens with one attached hydrogen (secondary N) is 1. The third-order valence-corrected chi connectivity index (χ3v) is 12.2. The summed E-state index contributed by atoms with van der Waals surface area (Å²) in [6.07, 6.45) is 1.03. The van der Waals surface area contributed by atoms with Crippen LogP contribution in [0.15, 0.2) is 101 Å². The van der Waals surface area contributed by atoms with Crippen LogP contribution in [0, 0.1) is 24.2 Å². The lowest BCUT2D eigenvalue weighted by Gasteiger charge is -2.41. The van der Waals surface area contributed by atoms with Crippen LogP contribution in [0.25, 0.3) is 22.8 Å². The van der Waals surface area contributed by atoms with Crippen molar-refractivity contribution in [2.24, 2.45) is 5.92 Å². The molecule has 61 heavy (non-hydrogen) atoms. The summed E-state index contributed by atoms with van der Waals surface area (Å²) in [6, 6.07) is 21.3. The number of aromatic nitrogens is 4. The average molecular weight is 861 g/mol. The first-order valence-corrected chi connectivity index (χ1v) is 21.2. The molecule has 0 bridgehead atoms. The molecule has 0 radical (unpaired) electrons. The zero-order valence-electron chi connectivity index (χ0n) is 34.2. The van der Waals surface area contributed by atoms with Gasteiger partial charge < -0.3 is 19.3 Å². The van der Waals surface area contributed by atoms with Crippen LogP contribution >= 0.6 is 0 Å². The Balaban J connectivity index is 0.000000546. The van der Waals surface area contributed by atoms with Gasteiger partial charge in [-0.2, -0.15) is 23.5 Å². The Morgan fingerprint density at radius 3 is 2.08 bits per heavy atom. The Kier molecular flexibility index (Phi) is 13.1. The van der Waals surface area contributed by atoms with Gasteiger partial charge in [-0.15, -0.1) is 0 Å². The van der Waals surface area contributed by atoms with Crippen LogP contribution in [0.1, 0.15) is 55.3 Å². The van der Waals surface area contributed by atoms with E-state index in [0.29, 0.717) is 48.7 Å². The van der Waals surface area contributed by atoms with E-state index < -0.39 is 33.6 Å². The maximum absolute atomic E-state index is 14.1. The number of hydrogen-bond donors (Lipinski definition) is 1. The number of quaternary nitrogens is 1. The van der Waals surface area contributed by atoms with Crippen molar-refractivity contribution in [1.29, 1.82) is 5.26 Å². The summed E-state index contributed by atoms with van der Waals surface area (Å²) in [7, 11) is 2.29. The van der Waals surface area contributed by atoms with E-state index >= 15 is 0 Å². The molecule has 322 valence electrons. The summed E-state index contributed by atoms with van der Waals surface area (Å²) in [4.78, 5) is 43.4. The van der Waals surface area contributed by atoms with Gasteiger partial charge in [0.2, 0.25) is 5.91 Å². The van der Waals surface area contributed by atoms with Crippen molar-refractivity contribution in [3.8, 4) is 28.8 Å². The second-order valence-electron chi connectivity index (χ2n) is 16.2. The van der Waals surface area contributed by atoms with Crippen LogP contribution < -0.4 is 11.0 Å². The quantitative estimate of drug-likeness (QED) is 0.151. The van der Waals surface area contributed by atoms with Crippen LogP contribution in [0.4, 0.5) is 18.0 Å². The van der Waals surface area contributed by atoms with E-state index in [1.807, 2.05) is 4.90 Å². The van der Waals surface area contributed by atoms with Crippen molar-refractivity contribution >= 4 is 22.1 Å². The molecule has 18 heteroatoms. The summed E-state index contributed by atoms with van der Waals surface area (Å²) in [5.41, 5.74) is -0.121. The Morgan fingerprint density at radius 2 is 1.52 bits per heavy atom. The van der Waals surface area contributed by atoms with E-state index in [0.717, 1.165) is 51.7 Å². The average Bonchev–Trinajstić information content (AvgIpc) is 3.82. The number of carbonyl (C=O) groups is 2. The first kappa shape index (κ1) is 44.5. The van der Waals surface area contributed by atoms with Crippen molar-refractivity contribution in [2.75, 3.05) is 34.2 Å². The molecule has 0 spiro atoms. The van der Waals surface area contributed by atoms with Gasteiger partial charge in [0, 0.05) is 37.9 Å². The highest BCUT2D eigenvalue weighted by atomic mass is 32.2. The number of imidazole rings is 1. The highest BCUT2D eigenvalue weighted by Crippen LogP contribution is 2.33. The molecule has 7 rings (SSSR count). The summed E-state index contributed by atoms with van der Waals surface area (Å²) < 4.78 is 76.4. The Morgan fingerprint density at radius 1 is 0.885 bits per heavy atom. The van der Waals surface area contributed by atoms with Crippen molar-refractivity contribution in [1.82, 2.24) is 29.1 Å². The highest BCUT2D eigenvalue weighted by molar-refractivity contribution is 7.85. The molecule has 14 nitrogen and oxygen atoms in total. The fourth-order valence-corrected chi connectivity index (χ4v) is 8.51. The predicted octanol–water partition coefficient (Wildman–Crippen LogP) is 6.10. The lowest BCUT2D eigenvalue weighted by molar-refractivity contribution is -0.897. The molecule has 1 N–H and O–H groups in total. The Bertz CT molecular complexity index is 2570. The number of carbonyl (C=O) groups excluding carboxylic acids is 2. The molecule has 5 aromatic rings. The Labute approximate surface area is 351 Å². The van der Waals surface area contributed by atoms with Crippen LogP contribution in [-0.2, 0) is 21.1 Å². The van der Waals surface area contributed by atoms with Gasteiger partial charge in [-0.1, -0.05) is 24.3 Å². The predicted molar refractivity (Wildman–Crippen MR) is 219 cm³/mol. The van der Waals surface area contributed by atoms with Crippen LogP contribution in [0.2, 0.25) is 0 Å². The molecule has 0 atom stereocenters. The molecular formula is C43H47F3N8O6S. The smallest absolute Gasteiger partial charge is 0.416 e. The second kappa shape index (κ2) is 17.9. The highest BCUT2D eigenvalue weighted by Gasteiger charge is 2.36. The van der Waals surface area contributed by atoms with E-state index in [-0.39, 0.29) is 39.8 Å². The van der Waals surface area contributed by atoms with Gasteiger partial charge in [-0.25, -0.2) is 27.3 Å². The third kappa shape index (κ3) is 10.1. The lowest BCUT2D eigenvalue weighted by atomic mass is 9.84. The standard InChI is InChI=1S/C37H41F3N8O3.C6H6O3S/c1-24-33(32-16-19-42-47(32)29-14-8-25(23-41)9-15-29)46(36(51)45(24)30-7-5-6-27(22-30)37(38,39)40)35(50)43-28-12-10-26(11-13-28)34(49)44-20-17-31(18-21-44)48(2,3)4;7-10(8,9)6-4-2-1-3-5-6/h5-9,14-16,19,22,26,28,31H,10-13,17-18,20-21H2,1-4H3;1-5H,(H,7,8,9)/t26-,28-;. The number of rotatable bonds is 7. The molecule has 2 fully saturated rings. The summed E-state index contributed by atoms with van der Waals surface area (Å²) in [5, 5.41) is 16.6. The first-order valence-electron chi connectivity index (χ1n) is 19.8. The Hall–Kier alpha value is -6.03. The van der Waals surface area contributed by atoms with Crippen molar-refractivity contribution in [3.63, 3.8) is 0 Å². The molecule has 1 saturated carbocycles. The molecule has 3 heterocycles. The number of benzene rings is 3. The minimum atomic E-state index is -4.65. The van der Waals surface area contributed by atoms with Gasteiger partial charge in [0.25, 0.3) is 0 Å². The molecule has 2 aromatic heterocycles. The molecule has 1 saturated heterocycles. The molecule has 2 amide bonds. The zero-order valence-corrected chi connectivity index (χ0v) is 35.0. The lowest BCUT2D eigenvalue weighted by Crippen LogP contribution is -2.53. The fourth-order valence-electron chi connectivity index (χ4n) is 8.02. The van der Waals surface area contributed by atoms with Gasteiger partial charge in [0.05, 0.1) is 78.2 Å². The number of hydrogen-bond acceptors (Lipinski definition) is 8. The number of nitriles is 1. The maximum atomic E-state index is 14.1. The van der Waals surface area contributed by atoms with Crippen molar-refractivity contribution < 1.29 is 40.2 Å². The number of nitrogens with zero attached hydrogens (tertiary/aromatic N) is 7. The van der Waals surface area contributed by atoms with Gasteiger partial charge in [0.1, 0.15) is 15.8 Å². The van der Waals surface area contributed by atoms with Crippen molar-refractivity contribution in [3.05, 3.63) is 118 Å². The van der Waals surface area contributed by atoms with Crippen molar-refractivity contribution in [2.45, 2.75) is 68.6 Å². The second-order valence-corrected chi connectivity index (χ2v) is 17.5. The molecule has 1 aliphatic heterocycles. The molecule has 3 aromatic carbocycles. The van der Waals surface area contributed by atoms with Crippen LogP contribution in [-0.4, -0.2) is 99.5 Å². The summed E-state index contributed by atoms with van der Waals surface area (Å²) in [5.74, 6) is 0.0196. The minimum absolute atomic E-state index is 0.0472. The molecule has 1 aliphatic carbocycles. The van der Waals surface area contributed by atoms with E-state index in [9.17, 15) is 45.8 Å². The third-order valence-electron chi connectivity index (χ3n) is 11.4. The molecule has 2 aliphatic rings. The van der Waals surface area contributed by atoms with Gasteiger partial charge in [0.15, 0.2) is 0 Å². The first-order chi connectivity index (χ1) is 28.8. The van der Waals surface area contributed by atoms with E-state index in [2.05, 4.69) is 37.6 Å². The largest absolute Gasteiger partial charge is 0.744 e. The van der Waals surface area contributed by atoms with Crippen LogP contribution in [0.3, 0.4) is 0 Å². The number of halogens is 3. The van der Waals surface area contributed by atoms with Gasteiger partial charge >= 0.3 is 17.9 Å². The minimum Gasteiger partial charge on any atom is -0.744 e. The number of amides is 2. The molecular weight excluding hydrogens is 814 g/mol.